The molecule has 0 spiro atoms. The smallest absolute Gasteiger partial charge is 0.255 e. The van der Waals surface area contributed by atoms with E-state index in [1.54, 1.807) is 50.2 Å². The summed E-state index contributed by atoms with van der Waals surface area (Å²) < 4.78 is 18.1. The Morgan fingerprint density at radius 1 is 0.855 bits per heavy atom. The number of nitrogens with one attached hydrogen (secondary N) is 4. The van der Waals surface area contributed by atoms with Crippen LogP contribution in [0.2, 0.25) is 0 Å². The molecule has 4 aromatic rings. The molecule has 0 saturated carbocycles. The van der Waals surface area contributed by atoms with E-state index < -0.39 is 53.7 Å². The van der Waals surface area contributed by atoms with E-state index in [9.17, 15) is 29.2 Å². The summed E-state index contributed by atoms with van der Waals surface area (Å²) >= 11 is 0. The second kappa shape index (κ2) is 24.2. The lowest BCUT2D eigenvalue weighted by Crippen LogP contribution is -2.56. The lowest BCUT2D eigenvalue weighted by atomic mass is 9.93. The zero-order valence-corrected chi connectivity index (χ0v) is 40.4. The molecular weight excluding hydrogens is 883 g/mol. The summed E-state index contributed by atoms with van der Waals surface area (Å²) in [6, 6.07) is 14.4. The number of fused-ring (bicyclic) bond motifs is 5. The van der Waals surface area contributed by atoms with Crippen molar-refractivity contribution < 1.29 is 38.2 Å². The topological polar surface area (TPSA) is 292 Å². The molecule has 0 saturated heterocycles. The van der Waals surface area contributed by atoms with Crippen LogP contribution in [0.3, 0.4) is 0 Å². The summed E-state index contributed by atoms with van der Waals surface area (Å²) in [6.07, 6.45) is 0.879. The van der Waals surface area contributed by atoms with Crippen LogP contribution in [0.4, 0.5) is 0 Å². The monoisotopic (exact) mass is 948 g/mol. The molecule has 4 unspecified atom stereocenters. The molecule has 0 aliphatic carbocycles. The molecule has 19 heteroatoms. The average molecular weight is 948 g/mol. The van der Waals surface area contributed by atoms with Crippen LogP contribution in [-0.4, -0.2) is 116 Å². The SMILES string of the molecule is Cc1nc(-c2ccc(OCCC(C)(C)C)cc2)nc(C)c1C(=O)NC(CCN)C(=O)N(C)C1C(=O)NC(C)C(=O)NC(C(=O)NCC#N)Cc2ccc(OCCN)c(c2)-c2cc1ccc2OCCN. The molecule has 2 heterocycles. The molecule has 0 radical (unpaired) electrons. The minimum Gasteiger partial charge on any atom is -0.494 e. The normalized spacial score (nSPS) is 16.4. The molecule has 69 heavy (non-hydrogen) atoms. The highest BCUT2D eigenvalue weighted by Crippen LogP contribution is 2.40. The van der Waals surface area contributed by atoms with Crippen molar-refractivity contribution in [2.75, 3.05) is 53.0 Å². The predicted molar refractivity (Wildman–Crippen MR) is 260 cm³/mol. The Balaban J connectivity index is 1.52. The van der Waals surface area contributed by atoms with Crippen LogP contribution in [0.15, 0.2) is 60.7 Å². The number of nitrogens with two attached hydrogens (primary N) is 3. The fourth-order valence-electron chi connectivity index (χ4n) is 7.71. The molecule has 5 amide bonds. The Morgan fingerprint density at radius 3 is 2.07 bits per heavy atom. The summed E-state index contributed by atoms with van der Waals surface area (Å²) in [5.41, 5.74) is 21.4. The van der Waals surface area contributed by atoms with Gasteiger partial charge >= 0.3 is 0 Å². The Hall–Kier alpha value is -7.14. The minimum absolute atomic E-state index is 0.00224. The molecule has 4 bridgehead atoms. The number of carbonyl (C=O) groups is 5. The first kappa shape index (κ1) is 52.8. The van der Waals surface area contributed by atoms with E-state index in [4.69, 9.17) is 31.4 Å². The zero-order chi connectivity index (χ0) is 50.4. The Bertz CT molecular complexity index is 2500. The van der Waals surface area contributed by atoms with Gasteiger partial charge in [-0.3, -0.25) is 24.0 Å². The first-order valence-corrected chi connectivity index (χ1v) is 22.9. The quantitative estimate of drug-likeness (QED) is 0.0707. The average Bonchev–Trinajstić information content (AvgIpc) is 3.30. The van der Waals surface area contributed by atoms with Crippen LogP contribution in [0.5, 0.6) is 17.2 Å². The number of aromatic nitrogens is 2. The van der Waals surface area contributed by atoms with Gasteiger partial charge in [0.2, 0.25) is 23.6 Å². The van der Waals surface area contributed by atoms with Gasteiger partial charge in [0.15, 0.2) is 5.82 Å². The van der Waals surface area contributed by atoms with Gasteiger partial charge in [-0.2, -0.15) is 5.26 Å². The lowest BCUT2D eigenvalue weighted by molar-refractivity contribution is -0.141. The van der Waals surface area contributed by atoms with Crippen LogP contribution in [0.25, 0.3) is 22.5 Å². The maximum absolute atomic E-state index is 14.8. The molecule has 1 aliphatic rings. The number of rotatable bonds is 18. The maximum atomic E-state index is 14.8. The van der Waals surface area contributed by atoms with Crippen molar-refractivity contribution in [1.29, 1.82) is 5.26 Å². The number of carbonyl (C=O) groups excluding carboxylic acids is 5. The van der Waals surface area contributed by atoms with Gasteiger partial charge in [-0.1, -0.05) is 32.9 Å². The molecule has 1 aromatic heterocycles. The van der Waals surface area contributed by atoms with E-state index >= 15 is 0 Å². The highest BCUT2D eigenvalue weighted by molar-refractivity contribution is 6.00. The zero-order valence-electron chi connectivity index (χ0n) is 40.4. The van der Waals surface area contributed by atoms with Gasteiger partial charge in [-0.25, -0.2) is 9.97 Å². The first-order chi connectivity index (χ1) is 32.9. The number of hydrogen-bond acceptors (Lipinski definition) is 14. The van der Waals surface area contributed by atoms with Crippen molar-refractivity contribution >= 4 is 29.5 Å². The maximum Gasteiger partial charge on any atom is 0.255 e. The second-order valence-corrected chi connectivity index (χ2v) is 18.0. The van der Waals surface area contributed by atoms with E-state index in [1.165, 1.54) is 18.9 Å². The second-order valence-electron chi connectivity index (χ2n) is 18.0. The lowest BCUT2D eigenvalue weighted by Gasteiger charge is -2.32. The van der Waals surface area contributed by atoms with Crippen molar-refractivity contribution in [3.05, 3.63) is 88.7 Å². The molecule has 0 fully saturated rings. The van der Waals surface area contributed by atoms with Crippen LogP contribution in [-0.2, 0) is 25.6 Å². The number of nitrogens with zero attached hydrogens (tertiary/aromatic N) is 4. The highest BCUT2D eigenvalue weighted by Gasteiger charge is 2.36. The summed E-state index contributed by atoms with van der Waals surface area (Å²) in [5.74, 6) is -1.50. The Labute approximate surface area is 403 Å². The van der Waals surface area contributed by atoms with Gasteiger partial charge < -0.3 is 57.6 Å². The molecule has 3 aromatic carbocycles. The number of hydrogen-bond donors (Lipinski definition) is 7. The Kier molecular flexibility index (Phi) is 18.6. The largest absolute Gasteiger partial charge is 0.494 e. The summed E-state index contributed by atoms with van der Waals surface area (Å²) in [7, 11) is 1.41. The van der Waals surface area contributed by atoms with E-state index in [2.05, 4.69) is 52.0 Å². The number of benzene rings is 3. The van der Waals surface area contributed by atoms with Gasteiger partial charge in [0.25, 0.3) is 5.91 Å². The van der Waals surface area contributed by atoms with Gasteiger partial charge in [0.1, 0.15) is 61.2 Å². The highest BCUT2D eigenvalue weighted by atomic mass is 16.5. The molecule has 4 atom stereocenters. The number of nitriles is 1. The van der Waals surface area contributed by atoms with Crippen molar-refractivity contribution in [3.63, 3.8) is 0 Å². The predicted octanol–water partition coefficient (Wildman–Crippen LogP) is 2.75. The van der Waals surface area contributed by atoms with Crippen molar-refractivity contribution in [1.82, 2.24) is 36.1 Å². The van der Waals surface area contributed by atoms with Gasteiger partial charge in [0, 0.05) is 43.2 Å². The fraction of sp³-hybridized carbons (Fsp3) is 0.440. The van der Waals surface area contributed by atoms with Gasteiger partial charge in [0.05, 0.1) is 29.6 Å². The molecule has 5 rings (SSSR count). The fourth-order valence-corrected chi connectivity index (χ4v) is 7.71. The summed E-state index contributed by atoms with van der Waals surface area (Å²) in [5, 5.41) is 19.9. The van der Waals surface area contributed by atoms with E-state index in [-0.39, 0.29) is 63.2 Å². The van der Waals surface area contributed by atoms with Crippen molar-refractivity contribution in [3.8, 4) is 45.8 Å². The minimum atomic E-state index is -1.41. The van der Waals surface area contributed by atoms with Crippen molar-refractivity contribution in [2.24, 2.45) is 22.6 Å². The van der Waals surface area contributed by atoms with Gasteiger partial charge in [-0.05, 0) is 105 Å². The number of aryl methyl sites for hydroxylation is 2. The standard InChI is InChI=1S/C50H65N11O8/c1-29-42(30(2)57-44(56-29)33-9-12-35(13-10-33)67-23-17-50(4,5)6)47(64)59-38(16-18-51)49(66)61(7)43-34-11-15-41(69-25-21-54)37(28-34)36-26-32(8-14-40(36)68-24-20-53)27-39(46(63)55-22-19-52)60-45(62)31(3)58-48(43)65/h8-15,26,28,31,38-39,43H,16-18,20-25,27,51,53-54H2,1-7H3,(H,55,63)(H,58,65)(H,59,64)(H,60,62). The number of ether oxygens (including phenoxy) is 3. The van der Waals surface area contributed by atoms with Crippen molar-refractivity contribution in [2.45, 2.75) is 85.0 Å². The number of amides is 5. The first-order valence-electron chi connectivity index (χ1n) is 22.9. The van der Waals surface area contributed by atoms with E-state index in [1.807, 2.05) is 30.3 Å². The third-order valence-electron chi connectivity index (χ3n) is 11.3. The van der Waals surface area contributed by atoms with Crippen LogP contribution >= 0.6 is 0 Å². The Morgan fingerprint density at radius 2 is 1.48 bits per heavy atom. The third kappa shape index (κ3) is 14.0. The molecule has 10 N–H and O–H groups in total. The molecular formula is C50H65N11O8. The third-order valence-corrected chi connectivity index (χ3v) is 11.3. The van der Waals surface area contributed by atoms with E-state index in [0.717, 1.165) is 12.0 Å². The molecule has 368 valence electrons. The number of likely N-dealkylation sites (N-methyl/N-ethyl adjacent to an activating group) is 1. The summed E-state index contributed by atoms with van der Waals surface area (Å²) in [4.78, 5) is 81.2. The van der Waals surface area contributed by atoms with Crippen LogP contribution < -0.4 is 52.7 Å². The molecule has 19 nitrogen and oxygen atoms in total. The van der Waals surface area contributed by atoms with Crippen LogP contribution in [0, 0.1) is 30.6 Å². The van der Waals surface area contributed by atoms with Crippen LogP contribution in [0.1, 0.15) is 79.5 Å². The summed E-state index contributed by atoms with van der Waals surface area (Å²) in [6.45, 7) is 12.2. The molecule has 1 aliphatic heterocycles. The van der Waals surface area contributed by atoms with E-state index in [0.29, 0.717) is 63.3 Å². The van der Waals surface area contributed by atoms with Gasteiger partial charge in [-0.15, -0.1) is 0 Å².